The second kappa shape index (κ2) is 6.05. The summed E-state index contributed by atoms with van der Waals surface area (Å²) < 4.78 is 7.47. The van der Waals surface area contributed by atoms with Gasteiger partial charge in [0.1, 0.15) is 11.6 Å². The number of hydrogen-bond donors (Lipinski definition) is 1. The Hall–Kier alpha value is -2.15. The minimum atomic E-state index is -0.132. The van der Waals surface area contributed by atoms with E-state index in [4.69, 9.17) is 4.42 Å². The normalized spacial score (nSPS) is 23.3. The van der Waals surface area contributed by atoms with E-state index in [1.54, 1.807) is 6.26 Å². The molecular formula is C17H23N5O2. The standard InChI is InChI=1S/C17H23N5O2/c1-11(2)18-17(23)16-20-19-15-6-12-7-21(8-13(12)9-22(15)16)10-14-4-3-5-24-14/h3-5,11-13H,6-10H2,1-2H3,(H,18,23)/t12-,13-/m1/s1. The Kier molecular flexibility index (Phi) is 3.88. The van der Waals surface area contributed by atoms with Gasteiger partial charge in [0, 0.05) is 32.1 Å². The van der Waals surface area contributed by atoms with E-state index in [1.807, 2.05) is 30.5 Å². The first-order chi connectivity index (χ1) is 11.6. The van der Waals surface area contributed by atoms with Crippen molar-refractivity contribution in [1.29, 1.82) is 0 Å². The van der Waals surface area contributed by atoms with Crippen LogP contribution in [0.2, 0.25) is 0 Å². The summed E-state index contributed by atoms with van der Waals surface area (Å²) in [5.74, 6) is 3.37. The van der Waals surface area contributed by atoms with Gasteiger partial charge in [-0.05, 0) is 37.8 Å². The number of rotatable bonds is 4. The molecule has 7 nitrogen and oxygen atoms in total. The van der Waals surface area contributed by atoms with Crippen molar-refractivity contribution < 1.29 is 9.21 Å². The minimum absolute atomic E-state index is 0.0945. The Bertz CT molecular complexity index is 721. The molecule has 1 amide bonds. The van der Waals surface area contributed by atoms with Gasteiger partial charge in [0.15, 0.2) is 0 Å². The van der Waals surface area contributed by atoms with E-state index in [0.29, 0.717) is 17.7 Å². The summed E-state index contributed by atoms with van der Waals surface area (Å²) in [7, 11) is 0. The number of carbonyl (C=O) groups is 1. The monoisotopic (exact) mass is 329 g/mol. The third kappa shape index (κ3) is 2.84. The van der Waals surface area contributed by atoms with Gasteiger partial charge in [-0.1, -0.05) is 0 Å². The van der Waals surface area contributed by atoms with Crippen molar-refractivity contribution in [2.75, 3.05) is 13.1 Å². The number of nitrogens with one attached hydrogen (secondary N) is 1. The van der Waals surface area contributed by atoms with Gasteiger partial charge in [-0.15, -0.1) is 10.2 Å². The summed E-state index contributed by atoms with van der Waals surface area (Å²) in [5.41, 5.74) is 0. The number of amides is 1. The number of fused-ring (bicyclic) bond motifs is 2. The van der Waals surface area contributed by atoms with E-state index >= 15 is 0 Å². The molecule has 0 radical (unpaired) electrons. The van der Waals surface area contributed by atoms with Crippen LogP contribution in [0.25, 0.3) is 0 Å². The van der Waals surface area contributed by atoms with Crippen LogP contribution in [0.15, 0.2) is 22.8 Å². The number of furan rings is 1. The lowest BCUT2D eigenvalue weighted by atomic mass is 9.89. The van der Waals surface area contributed by atoms with E-state index in [-0.39, 0.29) is 11.9 Å². The van der Waals surface area contributed by atoms with Gasteiger partial charge < -0.3 is 14.3 Å². The average molecular weight is 329 g/mol. The Balaban J connectivity index is 1.46. The van der Waals surface area contributed by atoms with Gasteiger partial charge in [-0.2, -0.15) is 0 Å². The lowest BCUT2D eigenvalue weighted by Crippen LogP contribution is -2.35. The van der Waals surface area contributed by atoms with E-state index < -0.39 is 0 Å². The zero-order valence-electron chi connectivity index (χ0n) is 14.1. The van der Waals surface area contributed by atoms with Crippen LogP contribution < -0.4 is 5.32 Å². The molecule has 4 rings (SSSR count). The minimum Gasteiger partial charge on any atom is -0.468 e. The summed E-state index contributed by atoms with van der Waals surface area (Å²) in [6.45, 7) is 7.64. The van der Waals surface area contributed by atoms with Crippen LogP contribution in [0.5, 0.6) is 0 Å². The predicted molar refractivity (Wildman–Crippen MR) is 87.3 cm³/mol. The van der Waals surface area contributed by atoms with E-state index in [2.05, 4.69) is 20.4 Å². The second-order valence-corrected chi connectivity index (χ2v) is 7.18. The fraction of sp³-hybridized carbons (Fsp3) is 0.588. The maximum atomic E-state index is 12.3. The number of carbonyl (C=O) groups excluding carboxylic acids is 1. The summed E-state index contributed by atoms with van der Waals surface area (Å²) in [5, 5.41) is 11.3. The van der Waals surface area contributed by atoms with E-state index in [9.17, 15) is 4.79 Å². The second-order valence-electron chi connectivity index (χ2n) is 7.18. The maximum Gasteiger partial charge on any atom is 0.289 e. The topological polar surface area (TPSA) is 76.2 Å². The Morgan fingerprint density at radius 3 is 2.92 bits per heavy atom. The molecule has 0 bridgehead atoms. The molecule has 128 valence electrons. The highest BCUT2D eigenvalue weighted by Gasteiger charge is 2.39. The molecule has 7 heteroatoms. The molecule has 0 spiro atoms. The van der Waals surface area contributed by atoms with Gasteiger partial charge in [0.05, 0.1) is 12.8 Å². The molecule has 0 aliphatic carbocycles. The number of hydrogen-bond acceptors (Lipinski definition) is 5. The predicted octanol–water partition coefficient (Wildman–Crippen LogP) is 1.31. The summed E-state index contributed by atoms with van der Waals surface area (Å²) >= 11 is 0. The van der Waals surface area contributed by atoms with Crippen molar-refractivity contribution in [3.8, 4) is 0 Å². The highest BCUT2D eigenvalue weighted by atomic mass is 16.3. The third-order valence-electron chi connectivity index (χ3n) is 4.92. The van der Waals surface area contributed by atoms with Crippen molar-refractivity contribution in [3.63, 3.8) is 0 Å². The lowest BCUT2D eigenvalue weighted by molar-refractivity contribution is 0.0924. The quantitative estimate of drug-likeness (QED) is 0.915. The Labute approximate surface area is 141 Å². The van der Waals surface area contributed by atoms with Crippen LogP contribution in [0.4, 0.5) is 0 Å². The number of likely N-dealkylation sites (tertiary alicyclic amines) is 1. The van der Waals surface area contributed by atoms with E-state index in [0.717, 1.165) is 44.2 Å². The largest absolute Gasteiger partial charge is 0.468 e. The van der Waals surface area contributed by atoms with E-state index in [1.165, 1.54) is 0 Å². The number of nitrogens with zero attached hydrogens (tertiary/aromatic N) is 4. The zero-order chi connectivity index (χ0) is 16.7. The molecule has 1 fully saturated rings. The first-order valence-electron chi connectivity index (χ1n) is 8.58. The zero-order valence-corrected chi connectivity index (χ0v) is 14.1. The molecule has 2 aliphatic rings. The molecular weight excluding hydrogens is 306 g/mol. The van der Waals surface area contributed by atoms with Crippen LogP contribution in [0.1, 0.15) is 36.1 Å². The lowest BCUT2D eigenvalue weighted by Gasteiger charge is -2.25. The van der Waals surface area contributed by atoms with Gasteiger partial charge in [-0.3, -0.25) is 9.69 Å². The molecule has 24 heavy (non-hydrogen) atoms. The molecule has 2 aromatic rings. The van der Waals surface area contributed by atoms with Crippen molar-refractivity contribution >= 4 is 5.91 Å². The molecule has 2 aromatic heterocycles. The highest BCUT2D eigenvalue weighted by molar-refractivity contribution is 5.90. The smallest absolute Gasteiger partial charge is 0.289 e. The van der Waals surface area contributed by atoms with Gasteiger partial charge >= 0.3 is 0 Å². The Morgan fingerprint density at radius 1 is 1.33 bits per heavy atom. The van der Waals surface area contributed by atoms with Crippen LogP contribution in [-0.4, -0.2) is 44.7 Å². The summed E-state index contributed by atoms with van der Waals surface area (Å²) in [6, 6.07) is 4.04. The molecule has 0 aromatic carbocycles. The molecule has 1 N–H and O–H groups in total. The summed E-state index contributed by atoms with van der Waals surface area (Å²) in [6.07, 6.45) is 2.61. The highest BCUT2D eigenvalue weighted by Crippen LogP contribution is 2.33. The van der Waals surface area contributed by atoms with Crippen molar-refractivity contribution in [3.05, 3.63) is 35.8 Å². The van der Waals surface area contributed by atoms with Gasteiger partial charge in [0.2, 0.25) is 5.82 Å². The van der Waals surface area contributed by atoms with Crippen LogP contribution >= 0.6 is 0 Å². The molecule has 2 aliphatic heterocycles. The molecule has 4 heterocycles. The number of aromatic nitrogens is 3. The van der Waals surface area contributed by atoms with Crippen LogP contribution in [0.3, 0.4) is 0 Å². The average Bonchev–Trinajstić information content (AvgIpc) is 3.22. The summed E-state index contributed by atoms with van der Waals surface area (Å²) in [4.78, 5) is 14.7. The Morgan fingerprint density at radius 2 is 2.17 bits per heavy atom. The van der Waals surface area contributed by atoms with Crippen molar-refractivity contribution in [1.82, 2.24) is 25.0 Å². The first kappa shape index (κ1) is 15.4. The van der Waals surface area contributed by atoms with Crippen molar-refractivity contribution in [2.24, 2.45) is 11.8 Å². The molecule has 0 saturated carbocycles. The fourth-order valence-electron chi connectivity index (χ4n) is 3.87. The van der Waals surface area contributed by atoms with Gasteiger partial charge in [-0.25, -0.2) is 0 Å². The van der Waals surface area contributed by atoms with Gasteiger partial charge in [0.25, 0.3) is 5.91 Å². The molecule has 0 unspecified atom stereocenters. The third-order valence-corrected chi connectivity index (χ3v) is 4.92. The fourth-order valence-corrected chi connectivity index (χ4v) is 3.87. The van der Waals surface area contributed by atoms with Crippen LogP contribution in [0, 0.1) is 11.8 Å². The molecule has 2 atom stereocenters. The first-order valence-corrected chi connectivity index (χ1v) is 8.58. The SMILES string of the molecule is CC(C)NC(=O)c1nnc2n1C[C@H]1CN(Cc3ccco3)C[C@H]1C2. The maximum absolute atomic E-state index is 12.3. The van der Waals surface area contributed by atoms with Crippen LogP contribution in [-0.2, 0) is 19.5 Å². The molecule has 1 saturated heterocycles. The van der Waals surface area contributed by atoms with Crippen molar-refractivity contribution in [2.45, 2.75) is 39.4 Å².